The molecule has 128 valence electrons. The van der Waals surface area contributed by atoms with Crippen LogP contribution in [0.2, 0.25) is 0 Å². The number of aliphatic carboxylic acids is 4. The van der Waals surface area contributed by atoms with Crippen LogP contribution in [0.25, 0.3) is 0 Å². The summed E-state index contributed by atoms with van der Waals surface area (Å²) in [5, 5.41) is 37.0. The number of hydrogen-bond donors (Lipinski definition) is 4. The highest BCUT2D eigenvalue weighted by Crippen LogP contribution is 2.41. The lowest BCUT2D eigenvalue weighted by molar-refractivity contribution is -0.156. The Kier molecular flexibility index (Phi) is 4.87. The third-order valence-electron chi connectivity index (χ3n) is 4.30. The van der Waals surface area contributed by atoms with Crippen LogP contribution >= 0.6 is 0 Å². The van der Waals surface area contributed by atoms with Gasteiger partial charge in [-0.3, -0.25) is 19.2 Å². The van der Waals surface area contributed by atoms with Gasteiger partial charge in [0.1, 0.15) is 0 Å². The number of fused-ring (bicyclic) bond motifs is 1. The molecule has 8 nitrogen and oxygen atoms in total. The molecular weight excluding hydrogens is 320 g/mol. The summed E-state index contributed by atoms with van der Waals surface area (Å²) in [6, 6.07) is 4.46. The van der Waals surface area contributed by atoms with Crippen molar-refractivity contribution in [2.45, 2.75) is 31.1 Å². The molecule has 2 rings (SSSR count). The first kappa shape index (κ1) is 17.5. The molecule has 0 bridgehead atoms. The summed E-state index contributed by atoms with van der Waals surface area (Å²) in [5.41, 5.74) is 0.779. The third kappa shape index (κ3) is 3.08. The first-order valence-electron chi connectivity index (χ1n) is 7.28. The lowest BCUT2D eigenvalue weighted by Crippen LogP contribution is -2.34. The highest BCUT2D eigenvalue weighted by atomic mass is 16.4. The van der Waals surface area contributed by atoms with E-state index >= 15 is 0 Å². The van der Waals surface area contributed by atoms with Crippen molar-refractivity contribution in [1.29, 1.82) is 0 Å². The zero-order valence-electron chi connectivity index (χ0n) is 12.5. The fourth-order valence-corrected chi connectivity index (χ4v) is 3.37. The highest BCUT2D eigenvalue weighted by Gasteiger charge is 2.42. The minimum Gasteiger partial charge on any atom is -0.481 e. The Labute approximate surface area is 136 Å². The fraction of sp³-hybridized carbons (Fsp3) is 0.375. The topological polar surface area (TPSA) is 149 Å². The maximum atomic E-state index is 11.4. The highest BCUT2D eigenvalue weighted by molar-refractivity contribution is 6.00. The number of carboxylic acids is 4. The van der Waals surface area contributed by atoms with Crippen molar-refractivity contribution < 1.29 is 39.6 Å². The molecule has 8 heteroatoms. The predicted molar refractivity (Wildman–Crippen MR) is 78.9 cm³/mol. The predicted octanol–water partition coefficient (Wildman–Crippen LogP) is 1.14. The monoisotopic (exact) mass is 336 g/mol. The Bertz CT molecular complexity index is 680. The molecule has 0 saturated heterocycles. The summed E-state index contributed by atoms with van der Waals surface area (Å²) >= 11 is 0. The van der Waals surface area contributed by atoms with Crippen molar-refractivity contribution in [2.24, 2.45) is 5.92 Å². The summed E-state index contributed by atoms with van der Waals surface area (Å²) in [6.07, 6.45) is 1.29. The van der Waals surface area contributed by atoms with Crippen molar-refractivity contribution in [3.8, 4) is 0 Å². The zero-order valence-corrected chi connectivity index (χ0v) is 12.5. The molecule has 1 aromatic carbocycles. The summed E-state index contributed by atoms with van der Waals surface area (Å²) in [6.45, 7) is 0. The largest absolute Gasteiger partial charge is 0.481 e. The summed E-state index contributed by atoms with van der Waals surface area (Å²) < 4.78 is 0. The van der Waals surface area contributed by atoms with E-state index in [-0.39, 0.29) is 17.5 Å². The number of rotatable bonds is 6. The molecule has 1 aromatic rings. The van der Waals surface area contributed by atoms with Gasteiger partial charge in [0.2, 0.25) is 0 Å². The van der Waals surface area contributed by atoms with Gasteiger partial charge in [-0.05, 0) is 36.0 Å². The quantitative estimate of drug-likeness (QED) is 0.565. The van der Waals surface area contributed by atoms with Gasteiger partial charge in [0, 0.05) is 5.92 Å². The van der Waals surface area contributed by atoms with Gasteiger partial charge in [0.15, 0.2) is 11.8 Å². The van der Waals surface area contributed by atoms with Crippen molar-refractivity contribution in [1.82, 2.24) is 0 Å². The molecule has 1 aliphatic carbocycles. The number of hydrogen-bond acceptors (Lipinski definition) is 4. The second-order valence-electron chi connectivity index (χ2n) is 5.68. The van der Waals surface area contributed by atoms with E-state index in [1.165, 1.54) is 12.1 Å². The molecular formula is C16H16O8. The normalized spacial score (nSPS) is 16.7. The van der Waals surface area contributed by atoms with E-state index in [0.29, 0.717) is 18.4 Å². The maximum Gasteiger partial charge on any atom is 0.322 e. The zero-order chi connectivity index (χ0) is 18.0. The van der Waals surface area contributed by atoms with E-state index < -0.39 is 41.6 Å². The van der Waals surface area contributed by atoms with Crippen LogP contribution < -0.4 is 0 Å². The van der Waals surface area contributed by atoms with Gasteiger partial charge in [-0.1, -0.05) is 18.2 Å². The fourth-order valence-electron chi connectivity index (χ4n) is 3.37. The average molecular weight is 336 g/mol. The summed E-state index contributed by atoms with van der Waals surface area (Å²) in [5.74, 6) is -10.8. The summed E-state index contributed by atoms with van der Waals surface area (Å²) in [4.78, 5) is 45.5. The van der Waals surface area contributed by atoms with Crippen LogP contribution in [0.1, 0.15) is 41.4 Å². The van der Waals surface area contributed by atoms with E-state index in [9.17, 15) is 39.6 Å². The number of benzene rings is 1. The molecule has 0 fully saturated rings. The van der Waals surface area contributed by atoms with Gasteiger partial charge in [-0.25, -0.2) is 0 Å². The second kappa shape index (κ2) is 6.69. The van der Waals surface area contributed by atoms with Gasteiger partial charge in [0.25, 0.3) is 0 Å². The third-order valence-corrected chi connectivity index (χ3v) is 4.30. The van der Waals surface area contributed by atoms with Crippen molar-refractivity contribution in [3.63, 3.8) is 0 Å². The van der Waals surface area contributed by atoms with E-state index in [1.54, 1.807) is 6.07 Å². The Morgan fingerprint density at radius 3 is 2.00 bits per heavy atom. The molecule has 4 N–H and O–H groups in total. The number of carboxylic acid groups (broad SMARTS) is 4. The smallest absolute Gasteiger partial charge is 0.322 e. The molecule has 0 amide bonds. The second-order valence-corrected chi connectivity index (χ2v) is 5.68. The minimum atomic E-state index is -1.87. The maximum absolute atomic E-state index is 11.4. The molecule has 0 saturated carbocycles. The van der Waals surface area contributed by atoms with Crippen LogP contribution in [0.15, 0.2) is 18.2 Å². The Morgan fingerprint density at radius 1 is 0.917 bits per heavy atom. The van der Waals surface area contributed by atoms with Crippen molar-refractivity contribution in [2.75, 3.05) is 0 Å². The van der Waals surface area contributed by atoms with Crippen LogP contribution in [0, 0.1) is 5.92 Å². The molecule has 0 radical (unpaired) electrons. The lowest BCUT2D eigenvalue weighted by atomic mass is 9.72. The average Bonchev–Trinajstić information content (AvgIpc) is 2.46. The van der Waals surface area contributed by atoms with E-state index in [0.717, 1.165) is 0 Å². The van der Waals surface area contributed by atoms with Crippen molar-refractivity contribution in [3.05, 3.63) is 34.9 Å². The Balaban J connectivity index is 2.67. The van der Waals surface area contributed by atoms with Crippen molar-refractivity contribution >= 4 is 23.9 Å². The molecule has 0 aromatic heterocycles. The molecule has 0 spiro atoms. The van der Waals surface area contributed by atoms with Gasteiger partial charge in [-0.2, -0.15) is 0 Å². The van der Waals surface area contributed by atoms with Crippen LogP contribution in [-0.4, -0.2) is 44.3 Å². The number of aryl methyl sites for hydroxylation is 1. The van der Waals surface area contributed by atoms with Gasteiger partial charge in [0.05, 0.1) is 0 Å². The first-order chi connectivity index (χ1) is 11.3. The standard InChI is InChI=1S/C16H16O8/c17-13(18)11(14(19)20)8-5-1-3-7-4-2-6-9(10(7)8)12(15(21)22)16(23)24/h1,3,5,9,11-12H,2,4,6H2,(H,17,18)(H,19,20)(H,21,22)(H,23,24). The summed E-state index contributed by atoms with van der Waals surface area (Å²) in [7, 11) is 0. The van der Waals surface area contributed by atoms with E-state index in [4.69, 9.17) is 0 Å². The molecule has 0 heterocycles. The Morgan fingerprint density at radius 2 is 1.50 bits per heavy atom. The molecule has 1 unspecified atom stereocenters. The van der Waals surface area contributed by atoms with Crippen LogP contribution in [-0.2, 0) is 25.6 Å². The number of carbonyl (C=O) groups is 4. The van der Waals surface area contributed by atoms with Gasteiger partial charge in [-0.15, -0.1) is 0 Å². The first-order valence-corrected chi connectivity index (χ1v) is 7.28. The van der Waals surface area contributed by atoms with Crippen LogP contribution in [0.5, 0.6) is 0 Å². The molecule has 0 aliphatic heterocycles. The van der Waals surface area contributed by atoms with E-state index in [2.05, 4.69) is 0 Å². The SMILES string of the molecule is O=C(O)C(C(=O)O)c1cccc2c1C(C(C(=O)O)C(=O)O)CCC2. The molecule has 1 atom stereocenters. The lowest BCUT2D eigenvalue weighted by Gasteiger charge is -2.31. The Hall–Kier alpha value is -2.90. The van der Waals surface area contributed by atoms with Crippen LogP contribution in [0.4, 0.5) is 0 Å². The van der Waals surface area contributed by atoms with Gasteiger partial charge >= 0.3 is 23.9 Å². The van der Waals surface area contributed by atoms with Gasteiger partial charge < -0.3 is 20.4 Å². The van der Waals surface area contributed by atoms with E-state index in [1.807, 2.05) is 0 Å². The molecule has 1 aliphatic rings. The van der Waals surface area contributed by atoms with Crippen LogP contribution in [0.3, 0.4) is 0 Å². The molecule has 24 heavy (non-hydrogen) atoms. The minimum absolute atomic E-state index is 0.0512.